The van der Waals surface area contributed by atoms with Gasteiger partial charge in [-0.05, 0) is 35.9 Å². The first-order chi connectivity index (χ1) is 17.6. The number of rotatable bonds is 7. The van der Waals surface area contributed by atoms with Crippen LogP contribution >= 0.6 is 23.1 Å². The van der Waals surface area contributed by atoms with E-state index in [4.69, 9.17) is 21.1 Å². The predicted octanol–water partition coefficient (Wildman–Crippen LogP) is 5.55. The SMILES string of the molecule is COc1ccc(C(=O)N2CCN(c3ccccc3Cl)CC2)cc1Oc1nc(Cc2ccccc2)ns1. The van der Waals surface area contributed by atoms with Gasteiger partial charge in [0.1, 0.15) is 0 Å². The van der Waals surface area contributed by atoms with E-state index < -0.39 is 0 Å². The molecule has 9 heteroatoms. The van der Waals surface area contributed by atoms with E-state index >= 15 is 0 Å². The number of halogens is 1. The second-order valence-corrected chi connectivity index (χ2v) is 9.46. The fourth-order valence-corrected chi connectivity index (χ4v) is 4.97. The highest BCUT2D eigenvalue weighted by Gasteiger charge is 2.24. The van der Waals surface area contributed by atoms with Gasteiger partial charge in [-0.15, -0.1) is 0 Å². The standard InChI is InChI=1S/C27H25ClN4O3S/c1-34-23-12-11-20(26(33)32-15-13-31(14-16-32)22-10-6-5-9-21(22)28)18-24(23)35-27-29-25(30-36-27)17-19-7-3-2-4-8-19/h2-12,18H,13-17H2,1H3. The van der Waals surface area contributed by atoms with Crippen LogP contribution in [0.15, 0.2) is 72.8 Å². The van der Waals surface area contributed by atoms with Gasteiger partial charge in [-0.3, -0.25) is 4.79 Å². The minimum atomic E-state index is -0.0525. The van der Waals surface area contributed by atoms with E-state index in [0.29, 0.717) is 60.7 Å². The summed E-state index contributed by atoms with van der Waals surface area (Å²) in [5.41, 5.74) is 2.66. The molecule has 5 rings (SSSR count). The van der Waals surface area contributed by atoms with Crippen LogP contribution in [0, 0.1) is 0 Å². The van der Waals surface area contributed by atoms with Gasteiger partial charge in [0.15, 0.2) is 17.3 Å². The molecule has 1 saturated heterocycles. The maximum Gasteiger partial charge on any atom is 0.298 e. The Morgan fingerprint density at radius 3 is 2.47 bits per heavy atom. The maximum absolute atomic E-state index is 13.3. The molecule has 1 fully saturated rings. The van der Waals surface area contributed by atoms with Crippen LogP contribution in [0.5, 0.6) is 16.7 Å². The Morgan fingerprint density at radius 1 is 0.972 bits per heavy atom. The minimum Gasteiger partial charge on any atom is -0.493 e. The Kier molecular flexibility index (Phi) is 7.34. The molecule has 1 aliphatic heterocycles. The molecule has 0 spiro atoms. The van der Waals surface area contributed by atoms with Crippen LogP contribution in [-0.2, 0) is 6.42 Å². The normalized spacial score (nSPS) is 13.5. The second kappa shape index (κ2) is 11.0. The van der Waals surface area contributed by atoms with Crippen molar-refractivity contribution in [2.45, 2.75) is 6.42 Å². The van der Waals surface area contributed by atoms with Gasteiger partial charge in [-0.25, -0.2) is 0 Å². The van der Waals surface area contributed by atoms with Gasteiger partial charge in [-0.2, -0.15) is 9.36 Å². The average molecular weight is 521 g/mol. The van der Waals surface area contributed by atoms with Crippen molar-refractivity contribution in [1.82, 2.24) is 14.3 Å². The van der Waals surface area contributed by atoms with Crippen LogP contribution < -0.4 is 14.4 Å². The Morgan fingerprint density at radius 2 is 1.72 bits per heavy atom. The lowest BCUT2D eigenvalue weighted by atomic mass is 10.1. The summed E-state index contributed by atoms with van der Waals surface area (Å²) in [4.78, 5) is 21.8. The van der Waals surface area contributed by atoms with Crippen molar-refractivity contribution in [3.05, 3.63) is 94.8 Å². The monoisotopic (exact) mass is 520 g/mol. The summed E-state index contributed by atoms with van der Waals surface area (Å²) in [6, 6.07) is 23.0. The van der Waals surface area contributed by atoms with Crippen molar-refractivity contribution in [2.24, 2.45) is 0 Å². The van der Waals surface area contributed by atoms with Gasteiger partial charge < -0.3 is 19.3 Å². The minimum absolute atomic E-state index is 0.0525. The number of ether oxygens (including phenoxy) is 2. The van der Waals surface area contributed by atoms with Crippen LogP contribution in [0.1, 0.15) is 21.7 Å². The molecular weight excluding hydrogens is 496 g/mol. The zero-order chi connectivity index (χ0) is 24.9. The van der Waals surface area contributed by atoms with Gasteiger partial charge in [-0.1, -0.05) is 54.1 Å². The maximum atomic E-state index is 13.3. The number of amides is 1. The summed E-state index contributed by atoms with van der Waals surface area (Å²) in [5.74, 6) is 1.59. The summed E-state index contributed by atoms with van der Waals surface area (Å²) < 4.78 is 15.9. The third-order valence-corrected chi connectivity index (χ3v) is 6.97. The third kappa shape index (κ3) is 5.45. The molecule has 36 heavy (non-hydrogen) atoms. The van der Waals surface area contributed by atoms with Crippen LogP contribution in [0.3, 0.4) is 0 Å². The highest BCUT2D eigenvalue weighted by molar-refractivity contribution is 7.07. The number of para-hydroxylation sites is 1. The lowest BCUT2D eigenvalue weighted by molar-refractivity contribution is 0.0746. The van der Waals surface area contributed by atoms with Crippen molar-refractivity contribution >= 4 is 34.7 Å². The van der Waals surface area contributed by atoms with Crippen molar-refractivity contribution in [1.29, 1.82) is 0 Å². The largest absolute Gasteiger partial charge is 0.493 e. The Labute approximate surface area is 219 Å². The summed E-state index contributed by atoms with van der Waals surface area (Å²) in [5, 5.41) is 1.12. The molecule has 1 aliphatic rings. The Hall–Kier alpha value is -3.62. The molecule has 4 aromatic rings. The summed E-state index contributed by atoms with van der Waals surface area (Å²) >= 11 is 7.52. The van der Waals surface area contributed by atoms with E-state index in [1.165, 1.54) is 11.5 Å². The molecule has 184 valence electrons. The van der Waals surface area contributed by atoms with Crippen LogP contribution in [-0.4, -0.2) is 53.5 Å². The quantitative estimate of drug-likeness (QED) is 0.318. The molecule has 7 nitrogen and oxygen atoms in total. The van der Waals surface area contributed by atoms with Crippen molar-refractivity contribution < 1.29 is 14.3 Å². The fourth-order valence-electron chi connectivity index (χ4n) is 4.15. The van der Waals surface area contributed by atoms with Gasteiger partial charge >= 0.3 is 0 Å². The van der Waals surface area contributed by atoms with E-state index in [1.54, 1.807) is 25.3 Å². The highest BCUT2D eigenvalue weighted by Crippen LogP contribution is 2.34. The highest BCUT2D eigenvalue weighted by atomic mass is 35.5. The molecule has 0 radical (unpaired) electrons. The lowest BCUT2D eigenvalue weighted by Crippen LogP contribution is -2.48. The number of benzene rings is 3. The van der Waals surface area contributed by atoms with Crippen molar-refractivity contribution in [3.8, 4) is 16.7 Å². The molecule has 0 atom stereocenters. The molecule has 0 aliphatic carbocycles. The number of carbonyl (C=O) groups is 1. The molecular formula is C27H25ClN4O3S. The van der Waals surface area contributed by atoms with Crippen LogP contribution in [0.2, 0.25) is 5.02 Å². The number of nitrogens with zero attached hydrogens (tertiary/aromatic N) is 4. The van der Waals surface area contributed by atoms with Crippen LogP contribution in [0.25, 0.3) is 0 Å². The molecule has 3 aromatic carbocycles. The molecule has 0 unspecified atom stereocenters. The van der Waals surface area contributed by atoms with E-state index in [9.17, 15) is 4.79 Å². The first-order valence-corrected chi connectivity index (χ1v) is 12.8. The number of hydrogen-bond acceptors (Lipinski definition) is 7. The first kappa shape index (κ1) is 24.1. The topological polar surface area (TPSA) is 67.8 Å². The second-order valence-electron chi connectivity index (χ2n) is 8.34. The molecule has 0 saturated carbocycles. The van der Waals surface area contributed by atoms with Gasteiger partial charge in [0, 0.05) is 49.7 Å². The fraction of sp³-hybridized carbons (Fsp3) is 0.222. The smallest absolute Gasteiger partial charge is 0.298 e. The number of anilines is 1. The van der Waals surface area contributed by atoms with Gasteiger partial charge in [0.25, 0.3) is 11.1 Å². The van der Waals surface area contributed by atoms with Gasteiger partial charge in [0.05, 0.1) is 17.8 Å². The number of aromatic nitrogens is 2. The third-order valence-electron chi connectivity index (χ3n) is 6.02. The number of piperazine rings is 1. The molecule has 0 N–H and O–H groups in total. The van der Waals surface area contributed by atoms with E-state index in [2.05, 4.69) is 14.3 Å². The number of methoxy groups -OCH3 is 1. The first-order valence-electron chi connectivity index (χ1n) is 11.6. The van der Waals surface area contributed by atoms with Crippen molar-refractivity contribution in [3.63, 3.8) is 0 Å². The van der Waals surface area contributed by atoms with Crippen molar-refractivity contribution in [2.75, 3.05) is 38.2 Å². The van der Waals surface area contributed by atoms with E-state index in [-0.39, 0.29) is 5.91 Å². The Bertz CT molecular complexity index is 1340. The number of carbonyl (C=O) groups excluding carboxylic acids is 1. The zero-order valence-electron chi connectivity index (χ0n) is 19.8. The summed E-state index contributed by atoms with van der Waals surface area (Å²) in [6.45, 7) is 2.63. The summed E-state index contributed by atoms with van der Waals surface area (Å²) in [7, 11) is 1.57. The zero-order valence-corrected chi connectivity index (χ0v) is 21.3. The molecule has 0 bridgehead atoms. The Balaban J connectivity index is 1.26. The molecule has 2 heterocycles. The van der Waals surface area contributed by atoms with E-state index in [0.717, 1.165) is 16.3 Å². The average Bonchev–Trinajstić information content (AvgIpc) is 3.35. The number of hydrogen-bond donors (Lipinski definition) is 0. The summed E-state index contributed by atoms with van der Waals surface area (Å²) in [6.07, 6.45) is 0.622. The van der Waals surface area contributed by atoms with Gasteiger partial charge in [0.2, 0.25) is 0 Å². The van der Waals surface area contributed by atoms with Crippen LogP contribution in [0.4, 0.5) is 5.69 Å². The molecule has 1 aromatic heterocycles. The predicted molar refractivity (Wildman–Crippen MR) is 142 cm³/mol. The lowest BCUT2D eigenvalue weighted by Gasteiger charge is -2.36. The molecule has 1 amide bonds. The van der Waals surface area contributed by atoms with E-state index in [1.807, 2.05) is 59.5 Å².